The average Bonchev–Trinajstić information content (AvgIpc) is 3.04. The number of hydrogen-bond acceptors (Lipinski definition) is 7. The van der Waals surface area contributed by atoms with Crippen molar-refractivity contribution in [2.24, 2.45) is 5.92 Å². The van der Waals surface area contributed by atoms with Gasteiger partial charge in [0.2, 0.25) is 11.7 Å². The summed E-state index contributed by atoms with van der Waals surface area (Å²) in [5, 5.41) is 0. The molecule has 0 radical (unpaired) electrons. The minimum atomic E-state index is -0.651. The van der Waals surface area contributed by atoms with Crippen molar-refractivity contribution in [2.75, 3.05) is 25.2 Å². The van der Waals surface area contributed by atoms with Gasteiger partial charge in [-0.2, -0.15) is 0 Å². The van der Waals surface area contributed by atoms with Gasteiger partial charge in [0, 0.05) is 13.0 Å². The van der Waals surface area contributed by atoms with E-state index >= 15 is 0 Å². The van der Waals surface area contributed by atoms with Crippen molar-refractivity contribution in [3.05, 3.63) is 12.0 Å². The molecule has 1 unspecified atom stereocenters. The zero-order valence-corrected chi connectivity index (χ0v) is 11.1. The molecule has 2 heterocycles. The second kappa shape index (κ2) is 5.72. The van der Waals surface area contributed by atoms with Crippen molar-refractivity contribution < 1.29 is 28.3 Å². The van der Waals surface area contributed by atoms with Crippen molar-refractivity contribution in [3.8, 4) is 0 Å². The first-order valence-electron chi connectivity index (χ1n) is 6.08. The van der Waals surface area contributed by atoms with Crippen molar-refractivity contribution in [1.82, 2.24) is 4.98 Å². The molecule has 108 valence electrons. The normalized spacial score (nSPS) is 18.2. The first-order chi connectivity index (χ1) is 9.56. The van der Waals surface area contributed by atoms with Crippen LogP contribution in [0.1, 0.15) is 23.9 Å². The highest BCUT2D eigenvalue weighted by atomic mass is 16.5. The number of carbonyl (C=O) groups excluding carboxylic acids is 3. The molecule has 0 aliphatic carbocycles. The van der Waals surface area contributed by atoms with E-state index in [0.29, 0.717) is 0 Å². The summed E-state index contributed by atoms with van der Waals surface area (Å²) in [4.78, 5) is 39.7. The first-order valence-corrected chi connectivity index (χ1v) is 6.08. The fraction of sp³-hybridized carbons (Fsp3) is 0.500. The lowest BCUT2D eigenvalue weighted by atomic mass is 10.1. The van der Waals surface area contributed by atoms with Gasteiger partial charge in [-0.15, -0.1) is 0 Å². The van der Waals surface area contributed by atoms with Gasteiger partial charge in [-0.25, -0.2) is 9.78 Å². The summed E-state index contributed by atoms with van der Waals surface area (Å²) in [5.41, 5.74) is 0. The number of ether oxygens (including phenoxy) is 2. The van der Waals surface area contributed by atoms with Gasteiger partial charge in [0.1, 0.15) is 0 Å². The first kappa shape index (κ1) is 14.0. The molecule has 1 amide bonds. The van der Waals surface area contributed by atoms with Gasteiger partial charge in [-0.05, 0) is 6.92 Å². The maximum atomic E-state index is 11.8. The fourth-order valence-electron chi connectivity index (χ4n) is 1.90. The summed E-state index contributed by atoms with van der Waals surface area (Å²) < 4.78 is 14.5. The van der Waals surface area contributed by atoms with Crippen LogP contribution in [0.5, 0.6) is 0 Å². The highest BCUT2D eigenvalue weighted by Crippen LogP contribution is 2.25. The smallest absolute Gasteiger partial charge is 0.376 e. The molecule has 1 aliphatic heterocycles. The molecule has 0 N–H and O–H groups in total. The van der Waals surface area contributed by atoms with E-state index in [9.17, 15) is 14.4 Å². The van der Waals surface area contributed by atoms with Gasteiger partial charge in [-0.3, -0.25) is 14.5 Å². The summed E-state index contributed by atoms with van der Waals surface area (Å²) in [6.07, 6.45) is 1.22. The Bertz CT molecular complexity index is 538. The van der Waals surface area contributed by atoms with Gasteiger partial charge in [0.15, 0.2) is 0 Å². The van der Waals surface area contributed by atoms with Crippen LogP contribution < -0.4 is 4.90 Å². The minimum absolute atomic E-state index is 0.0237. The molecule has 1 aliphatic rings. The van der Waals surface area contributed by atoms with Gasteiger partial charge in [0.25, 0.3) is 0 Å². The summed E-state index contributed by atoms with van der Waals surface area (Å²) in [6.45, 7) is 2.00. The molecule has 20 heavy (non-hydrogen) atoms. The molecule has 0 spiro atoms. The number of methoxy groups -OCH3 is 1. The molecule has 1 aromatic heterocycles. The van der Waals surface area contributed by atoms with Crippen LogP contribution in [0.3, 0.4) is 0 Å². The predicted octanol–water partition coefficient (Wildman–Crippen LogP) is 0.377. The third-order valence-corrected chi connectivity index (χ3v) is 2.86. The monoisotopic (exact) mass is 282 g/mol. The Morgan fingerprint density at radius 3 is 2.95 bits per heavy atom. The van der Waals surface area contributed by atoms with Crippen LogP contribution in [0, 0.1) is 5.92 Å². The summed E-state index contributed by atoms with van der Waals surface area (Å²) >= 11 is 0. The van der Waals surface area contributed by atoms with E-state index in [0.717, 1.165) is 0 Å². The van der Waals surface area contributed by atoms with Crippen molar-refractivity contribution >= 4 is 23.9 Å². The summed E-state index contributed by atoms with van der Waals surface area (Å²) in [6, 6.07) is -0.0237. The van der Waals surface area contributed by atoms with Crippen molar-refractivity contribution in [2.45, 2.75) is 13.3 Å². The molecule has 1 atom stereocenters. The standard InChI is InChI=1S/C12H14N2O6/c1-3-19-11(17)8-5-13-12(20-8)14-6-7(4-9(14)15)10(16)18-2/h5,7H,3-4,6H2,1-2H3. The third-order valence-electron chi connectivity index (χ3n) is 2.86. The third kappa shape index (κ3) is 2.63. The summed E-state index contributed by atoms with van der Waals surface area (Å²) in [5.74, 6) is -2.06. The molecule has 1 aromatic rings. The number of anilines is 1. The Balaban J connectivity index is 2.11. The molecular formula is C12H14N2O6. The van der Waals surface area contributed by atoms with Crippen LogP contribution in [-0.4, -0.2) is 43.1 Å². The lowest BCUT2D eigenvalue weighted by Crippen LogP contribution is -2.26. The number of oxazole rings is 1. The zero-order valence-electron chi connectivity index (χ0n) is 11.1. The highest BCUT2D eigenvalue weighted by Gasteiger charge is 2.38. The van der Waals surface area contributed by atoms with E-state index in [1.54, 1.807) is 6.92 Å². The molecule has 2 rings (SSSR count). The lowest BCUT2D eigenvalue weighted by molar-refractivity contribution is -0.145. The highest BCUT2D eigenvalue weighted by molar-refractivity contribution is 5.98. The van der Waals surface area contributed by atoms with E-state index in [4.69, 9.17) is 9.15 Å². The summed E-state index contributed by atoms with van der Waals surface area (Å²) in [7, 11) is 1.26. The number of rotatable bonds is 4. The van der Waals surface area contributed by atoms with Crippen LogP contribution >= 0.6 is 0 Å². The number of nitrogens with zero attached hydrogens (tertiary/aromatic N) is 2. The maximum absolute atomic E-state index is 11.8. The number of aromatic nitrogens is 1. The molecule has 1 fully saturated rings. The second-order valence-corrected chi connectivity index (χ2v) is 4.16. The Morgan fingerprint density at radius 2 is 2.30 bits per heavy atom. The Hall–Kier alpha value is -2.38. The minimum Gasteiger partial charge on any atom is -0.469 e. The quantitative estimate of drug-likeness (QED) is 0.736. The van der Waals surface area contributed by atoms with Crippen LogP contribution in [0.25, 0.3) is 0 Å². The zero-order chi connectivity index (χ0) is 14.7. The largest absolute Gasteiger partial charge is 0.469 e. The van der Waals surface area contributed by atoms with E-state index in [1.807, 2.05) is 0 Å². The fourth-order valence-corrected chi connectivity index (χ4v) is 1.90. The number of amides is 1. The SMILES string of the molecule is CCOC(=O)c1cnc(N2CC(C(=O)OC)CC2=O)o1. The molecular weight excluding hydrogens is 268 g/mol. The van der Waals surface area contributed by atoms with E-state index in [-0.39, 0.29) is 37.3 Å². The molecule has 1 saturated heterocycles. The van der Waals surface area contributed by atoms with Gasteiger partial charge >= 0.3 is 18.0 Å². The molecule has 8 heteroatoms. The molecule has 0 bridgehead atoms. The van der Waals surface area contributed by atoms with E-state index < -0.39 is 17.9 Å². The Labute approximate surface area is 114 Å². The number of hydrogen-bond donors (Lipinski definition) is 0. The molecule has 0 aromatic carbocycles. The van der Waals surface area contributed by atoms with Crippen LogP contribution in [0.4, 0.5) is 6.01 Å². The number of esters is 2. The lowest BCUT2D eigenvalue weighted by Gasteiger charge is -2.10. The topological polar surface area (TPSA) is 98.9 Å². The average molecular weight is 282 g/mol. The van der Waals surface area contributed by atoms with Crippen LogP contribution in [0.2, 0.25) is 0 Å². The maximum Gasteiger partial charge on any atom is 0.376 e. The van der Waals surface area contributed by atoms with Gasteiger partial charge in [0.05, 0.1) is 25.8 Å². The van der Waals surface area contributed by atoms with Crippen molar-refractivity contribution in [1.29, 1.82) is 0 Å². The van der Waals surface area contributed by atoms with Crippen LogP contribution in [-0.2, 0) is 19.1 Å². The second-order valence-electron chi connectivity index (χ2n) is 4.16. The number of carbonyl (C=O) groups is 3. The Morgan fingerprint density at radius 1 is 1.55 bits per heavy atom. The Kier molecular flexibility index (Phi) is 4.02. The van der Waals surface area contributed by atoms with E-state index in [2.05, 4.69) is 9.72 Å². The predicted molar refractivity (Wildman–Crippen MR) is 64.9 cm³/mol. The van der Waals surface area contributed by atoms with Crippen molar-refractivity contribution in [3.63, 3.8) is 0 Å². The molecule has 8 nitrogen and oxygen atoms in total. The van der Waals surface area contributed by atoms with Crippen LogP contribution in [0.15, 0.2) is 10.6 Å². The van der Waals surface area contributed by atoms with Gasteiger partial charge < -0.3 is 13.9 Å². The molecule has 0 saturated carbocycles. The van der Waals surface area contributed by atoms with E-state index in [1.165, 1.54) is 18.2 Å². The van der Waals surface area contributed by atoms with Gasteiger partial charge in [-0.1, -0.05) is 0 Å².